The van der Waals surface area contributed by atoms with Crippen LogP contribution in [0.2, 0.25) is 0 Å². The van der Waals surface area contributed by atoms with Gasteiger partial charge in [-0.1, -0.05) is 48.5 Å². The van der Waals surface area contributed by atoms with E-state index in [2.05, 4.69) is 10.3 Å². The summed E-state index contributed by atoms with van der Waals surface area (Å²) >= 11 is 0. The highest BCUT2D eigenvalue weighted by molar-refractivity contribution is 6.02. The molecule has 3 aromatic rings. The minimum Gasteiger partial charge on any atom is -0.378 e. The van der Waals surface area contributed by atoms with Crippen molar-refractivity contribution in [2.45, 2.75) is 25.6 Å². The van der Waals surface area contributed by atoms with E-state index >= 15 is 0 Å². The van der Waals surface area contributed by atoms with Crippen molar-refractivity contribution in [1.82, 2.24) is 9.80 Å². The molecule has 0 spiro atoms. The summed E-state index contributed by atoms with van der Waals surface area (Å²) in [5.41, 5.74) is 1.84. The van der Waals surface area contributed by atoms with Crippen LogP contribution in [0.25, 0.3) is 0 Å². The van der Waals surface area contributed by atoms with Gasteiger partial charge in [-0.05, 0) is 41.5 Å². The van der Waals surface area contributed by atoms with Gasteiger partial charge >= 0.3 is 12.2 Å². The van der Waals surface area contributed by atoms with Crippen molar-refractivity contribution in [3.63, 3.8) is 0 Å². The number of anilines is 2. The maximum atomic E-state index is 13.2. The first-order valence-electron chi connectivity index (χ1n) is 11.2. The number of hydrogen-bond acceptors (Lipinski definition) is 5. The Morgan fingerprint density at radius 3 is 2.19 bits per heavy atom. The first-order valence-corrected chi connectivity index (χ1v) is 11.2. The van der Waals surface area contributed by atoms with Gasteiger partial charge in [0.05, 0.1) is 18.7 Å². The fourth-order valence-corrected chi connectivity index (χ4v) is 3.78. The summed E-state index contributed by atoms with van der Waals surface area (Å²) in [6.07, 6.45) is -5.93. The molecule has 2 amide bonds. The third-order valence-corrected chi connectivity index (χ3v) is 5.72. The van der Waals surface area contributed by atoms with Crippen molar-refractivity contribution in [3.05, 3.63) is 95.6 Å². The van der Waals surface area contributed by atoms with Gasteiger partial charge in [0.25, 0.3) is 0 Å². The number of guanidine groups is 1. The Labute approximate surface area is 207 Å². The van der Waals surface area contributed by atoms with E-state index in [-0.39, 0.29) is 24.7 Å². The molecule has 1 aliphatic heterocycles. The van der Waals surface area contributed by atoms with Crippen molar-refractivity contribution < 1.29 is 23.1 Å². The number of urea groups is 1. The average Bonchev–Trinajstić information content (AvgIpc) is 2.85. The van der Waals surface area contributed by atoms with Crippen LogP contribution in [0.5, 0.6) is 0 Å². The third-order valence-electron chi connectivity index (χ3n) is 5.72. The average molecular weight is 498 g/mol. The van der Waals surface area contributed by atoms with E-state index in [0.29, 0.717) is 0 Å². The zero-order chi connectivity index (χ0) is 25.9. The Hall–Kier alpha value is -4.05. The Balaban J connectivity index is 1.65. The molecular formula is C26H26F3N5O2. The summed E-state index contributed by atoms with van der Waals surface area (Å²) in [5.74, 6) is -0.0483. The molecule has 0 radical (unpaired) electrons. The number of carbonyl (C=O) groups is 1. The van der Waals surface area contributed by atoms with Gasteiger partial charge in [0.2, 0.25) is 12.3 Å². The standard InChI is InChI=1S/C26H26F3N5O2/c1-32(2)22-13-11-19(12-14-22)16-33-23(30-21-10-6-9-20(15-21)26(27,28)29)31-24(35)34(25(33)36)17-18-7-4-3-5-8-18/h3-15,25,36H,16-17H2,1-2H3,(H,30,31,35). The second kappa shape index (κ2) is 10.3. The molecule has 4 rings (SSSR count). The van der Waals surface area contributed by atoms with Gasteiger partial charge in [-0.2, -0.15) is 18.2 Å². The van der Waals surface area contributed by atoms with Gasteiger partial charge in [0, 0.05) is 25.5 Å². The molecule has 0 saturated heterocycles. The van der Waals surface area contributed by atoms with Crippen LogP contribution in [0.4, 0.5) is 29.3 Å². The Bertz CT molecular complexity index is 1230. The van der Waals surface area contributed by atoms with E-state index < -0.39 is 24.1 Å². The number of alkyl halides is 3. The fraction of sp³-hybridized carbons (Fsp3) is 0.231. The minimum absolute atomic E-state index is 0.0483. The van der Waals surface area contributed by atoms with Gasteiger partial charge in [-0.15, -0.1) is 0 Å². The number of amides is 2. The number of aliphatic imine (C=N–C) groups is 1. The third kappa shape index (κ3) is 5.77. The summed E-state index contributed by atoms with van der Waals surface area (Å²) in [5, 5.41) is 14.0. The zero-order valence-corrected chi connectivity index (χ0v) is 19.8. The molecule has 7 nitrogen and oxygen atoms in total. The topological polar surface area (TPSA) is 71.4 Å². The number of aliphatic hydroxyl groups is 1. The number of aliphatic hydroxyl groups excluding tert-OH is 1. The molecule has 1 unspecified atom stereocenters. The van der Waals surface area contributed by atoms with Crippen molar-refractivity contribution >= 4 is 23.4 Å². The Morgan fingerprint density at radius 2 is 1.56 bits per heavy atom. The van der Waals surface area contributed by atoms with Gasteiger partial charge in [-0.25, -0.2) is 4.79 Å². The molecule has 0 aliphatic carbocycles. The van der Waals surface area contributed by atoms with Crippen LogP contribution in [0.3, 0.4) is 0 Å². The maximum absolute atomic E-state index is 13.2. The quantitative estimate of drug-likeness (QED) is 0.504. The Kier molecular flexibility index (Phi) is 7.16. The Morgan fingerprint density at radius 1 is 0.917 bits per heavy atom. The predicted molar refractivity (Wildman–Crippen MR) is 132 cm³/mol. The van der Waals surface area contributed by atoms with E-state index in [0.717, 1.165) is 28.9 Å². The van der Waals surface area contributed by atoms with Crippen LogP contribution in [0.15, 0.2) is 83.9 Å². The summed E-state index contributed by atoms with van der Waals surface area (Å²) < 4.78 is 39.6. The molecule has 0 saturated carbocycles. The van der Waals surface area contributed by atoms with Crippen molar-refractivity contribution in [3.8, 4) is 0 Å². The summed E-state index contributed by atoms with van der Waals surface area (Å²) in [7, 11) is 3.83. The lowest BCUT2D eigenvalue weighted by Gasteiger charge is -2.40. The highest BCUT2D eigenvalue weighted by Gasteiger charge is 2.36. The van der Waals surface area contributed by atoms with Crippen LogP contribution in [0.1, 0.15) is 16.7 Å². The number of rotatable bonds is 6. The molecule has 1 heterocycles. The molecule has 1 atom stereocenters. The van der Waals surface area contributed by atoms with E-state index in [1.807, 2.05) is 73.6 Å². The number of carbonyl (C=O) groups excluding carboxylic acids is 1. The molecule has 1 aliphatic rings. The van der Waals surface area contributed by atoms with Crippen LogP contribution in [0, 0.1) is 0 Å². The van der Waals surface area contributed by atoms with Gasteiger partial charge in [0.15, 0.2) is 0 Å². The van der Waals surface area contributed by atoms with E-state index in [1.165, 1.54) is 21.9 Å². The molecule has 0 aromatic heterocycles. The predicted octanol–water partition coefficient (Wildman–Crippen LogP) is 4.95. The normalized spacial score (nSPS) is 16.1. The second-order valence-electron chi connectivity index (χ2n) is 8.57. The van der Waals surface area contributed by atoms with Gasteiger partial charge < -0.3 is 15.3 Å². The molecule has 0 fully saturated rings. The van der Waals surface area contributed by atoms with Crippen LogP contribution in [-0.4, -0.2) is 47.3 Å². The lowest BCUT2D eigenvalue weighted by molar-refractivity contribution is -0.137. The molecule has 10 heteroatoms. The number of benzene rings is 3. The monoisotopic (exact) mass is 497 g/mol. The molecular weight excluding hydrogens is 471 g/mol. The van der Waals surface area contributed by atoms with Crippen molar-refractivity contribution in [2.75, 3.05) is 24.3 Å². The first kappa shape index (κ1) is 25.1. The van der Waals surface area contributed by atoms with Crippen molar-refractivity contribution in [2.24, 2.45) is 4.99 Å². The number of nitrogens with one attached hydrogen (secondary N) is 1. The summed E-state index contributed by atoms with van der Waals surface area (Å²) in [4.78, 5) is 21.6. The lowest BCUT2D eigenvalue weighted by Crippen LogP contribution is -2.57. The van der Waals surface area contributed by atoms with Crippen LogP contribution < -0.4 is 10.2 Å². The molecule has 0 bridgehead atoms. The highest BCUT2D eigenvalue weighted by Crippen LogP contribution is 2.31. The van der Waals surface area contributed by atoms with Crippen molar-refractivity contribution in [1.29, 1.82) is 0 Å². The van der Waals surface area contributed by atoms with Gasteiger partial charge in [0.1, 0.15) is 0 Å². The van der Waals surface area contributed by atoms with E-state index in [4.69, 9.17) is 0 Å². The summed E-state index contributed by atoms with van der Waals surface area (Å²) in [6, 6.07) is 20.6. The number of hydrogen-bond donors (Lipinski definition) is 2. The largest absolute Gasteiger partial charge is 0.416 e. The van der Waals surface area contributed by atoms with Gasteiger partial charge in [-0.3, -0.25) is 9.80 Å². The minimum atomic E-state index is -4.53. The maximum Gasteiger partial charge on any atom is 0.416 e. The SMILES string of the molecule is CN(C)c1ccc(CN2C(Nc3cccc(C(F)(F)F)c3)=NC(=O)N(Cc3ccccc3)C2O)cc1. The van der Waals surface area contributed by atoms with E-state index in [1.54, 1.807) is 0 Å². The zero-order valence-electron chi connectivity index (χ0n) is 19.8. The first-order chi connectivity index (χ1) is 17.1. The lowest BCUT2D eigenvalue weighted by atomic mass is 10.1. The second-order valence-corrected chi connectivity index (χ2v) is 8.57. The highest BCUT2D eigenvalue weighted by atomic mass is 19.4. The fourth-order valence-electron chi connectivity index (χ4n) is 3.78. The molecule has 3 aromatic carbocycles. The van der Waals surface area contributed by atoms with Crippen LogP contribution in [-0.2, 0) is 19.3 Å². The molecule has 2 N–H and O–H groups in total. The molecule has 188 valence electrons. The summed E-state index contributed by atoms with van der Waals surface area (Å²) in [6.45, 7) is 0.259. The van der Waals surface area contributed by atoms with Crippen LogP contribution >= 0.6 is 0 Å². The van der Waals surface area contributed by atoms with E-state index in [9.17, 15) is 23.1 Å². The number of halogens is 3. The smallest absolute Gasteiger partial charge is 0.378 e. The molecule has 36 heavy (non-hydrogen) atoms. The number of nitrogens with zero attached hydrogens (tertiary/aromatic N) is 4.